The molecule has 1 aliphatic rings. The standard InChI is InChI=1S/C15H28N4/c1-14(2)10-17-11-15-4-8-18(12-15)6-3-7-19-9-5-16-13-19/h5,9,13-15,17H,3-4,6-8,10-12H2,1-2H3. The third-order valence-electron chi connectivity index (χ3n) is 3.81. The summed E-state index contributed by atoms with van der Waals surface area (Å²) in [5.41, 5.74) is 0. The van der Waals surface area contributed by atoms with Crippen molar-refractivity contribution < 1.29 is 0 Å². The van der Waals surface area contributed by atoms with Gasteiger partial charge in [0.2, 0.25) is 0 Å². The van der Waals surface area contributed by atoms with Gasteiger partial charge in [0.1, 0.15) is 0 Å². The molecule has 2 heterocycles. The summed E-state index contributed by atoms with van der Waals surface area (Å²) in [5, 5.41) is 3.59. The van der Waals surface area contributed by atoms with Crippen LogP contribution in [0.2, 0.25) is 0 Å². The highest BCUT2D eigenvalue weighted by Gasteiger charge is 2.21. The Labute approximate surface area is 117 Å². The number of nitrogens with zero attached hydrogens (tertiary/aromatic N) is 3. The Balaban J connectivity index is 1.54. The number of hydrogen-bond acceptors (Lipinski definition) is 3. The maximum Gasteiger partial charge on any atom is 0.0945 e. The average Bonchev–Trinajstić information content (AvgIpc) is 3.00. The lowest BCUT2D eigenvalue weighted by Gasteiger charge is -2.16. The second kappa shape index (κ2) is 7.65. The van der Waals surface area contributed by atoms with Crippen LogP contribution in [0.4, 0.5) is 0 Å². The molecule has 0 bridgehead atoms. The summed E-state index contributed by atoms with van der Waals surface area (Å²) in [7, 11) is 0. The highest BCUT2D eigenvalue weighted by molar-refractivity contribution is 4.78. The summed E-state index contributed by atoms with van der Waals surface area (Å²) in [4.78, 5) is 6.68. The number of imidazole rings is 1. The second-order valence-electron chi connectivity index (χ2n) is 6.16. The molecule has 0 amide bonds. The monoisotopic (exact) mass is 264 g/mol. The summed E-state index contributed by atoms with van der Waals surface area (Å²) in [6, 6.07) is 0. The first-order valence-corrected chi connectivity index (χ1v) is 7.63. The quantitative estimate of drug-likeness (QED) is 0.778. The second-order valence-corrected chi connectivity index (χ2v) is 6.16. The Morgan fingerprint density at radius 2 is 2.26 bits per heavy atom. The summed E-state index contributed by atoms with van der Waals surface area (Å²) in [6.07, 6.45) is 8.39. The third-order valence-corrected chi connectivity index (χ3v) is 3.81. The molecule has 19 heavy (non-hydrogen) atoms. The van der Waals surface area contributed by atoms with Gasteiger partial charge in [-0.2, -0.15) is 0 Å². The molecule has 0 spiro atoms. The molecule has 4 heteroatoms. The van der Waals surface area contributed by atoms with E-state index in [-0.39, 0.29) is 0 Å². The molecule has 108 valence electrons. The SMILES string of the molecule is CC(C)CNCC1CCN(CCCn2ccnc2)C1. The van der Waals surface area contributed by atoms with Gasteiger partial charge in [-0.1, -0.05) is 13.8 Å². The van der Waals surface area contributed by atoms with E-state index >= 15 is 0 Å². The molecule has 1 aliphatic heterocycles. The molecule has 1 aromatic heterocycles. The fraction of sp³-hybridized carbons (Fsp3) is 0.800. The van der Waals surface area contributed by atoms with Crippen LogP contribution >= 0.6 is 0 Å². The van der Waals surface area contributed by atoms with E-state index in [0.29, 0.717) is 0 Å². The first-order chi connectivity index (χ1) is 9.24. The molecule has 0 aromatic carbocycles. The van der Waals surface area contributed by atoms with Crippen LogP contribution in [0.5, 0.6) is 0 Å². The molecule has 1 aromatic rings. The van der Waals surface area contributed by atoms with Gasteiger partial charge in [-0.05, 0) is 50.9 Å². The third kappa shape index (κ3) is 5.33. The number of aromatic nitrogens is 2. The summed E-state index contributed by atoms with van der Waals surface area (Å²) in [5.74, 6) is 1.61. The maximum absolute atomic E-state index is 4.07. The van der Waals surface area contributed by atoms with Gasteiger partial charge < -0.3 is 14.8 Å². The zero-order valence-electron chi connectivity index (χ0n) is 12.4. The van der Waals surface area contributed by atoms with Crippen molar-refractivity contribution in [3.63, 3.8) is 0 Å². The Morgan fingerprint density at radius 3 is 3.00 bits per heavy atom. The maximum atomic E-state index is 4.07. The van der Waals surface area contributed by atoms with Crippen LogP contribution in [0.3, 0.4) is 0 Å². The van der Waals surface area contributed by atoms with Crippen LogP contribution in [-0.2, 0) is 6.54 Å². The van der Waals surface area contributed by atoms with Crippen molar-refractivity contribution >= 4 is 0 Å². The molecule has 4 nitrogen and oxygen atoms in total. The zero-order chi connectivity index (χ0) is 13.5. The van der Waals surface area contributed by atoms with E-state index in [4.69, 9.17) is 0 Å². The Kier molecular flexibility index (Phi) is 5.86. The van der Waals surface area contributed by atoms with E-state index < -0.39 is 0 Å². The number of rotatable bonds is 8. The number of hydrogen-bond donors (Lipinski definition) is 1. The normalized spacial score (nSPS) is 20.5. The topological polar surface area (TPSA) is 33.1 Å². The lowest BCUT2D eigenvalue weighted by molar-refractivity contribution is 0.309. The fourth-order valence-corrected chi connectivity index (χ4v) is 2.75. The van der Waals surface area contributed by atoms with Crippen molar-refractivity contribution in [1.82, 2.24) is 19.8 Å². The van der Waals surface area contributed by atoms with E-state index in [2.05, 4.69) is 33.6 Å². The molecule has 1 N–H and O–H groups in total. The van der Waals surface area contributed by atoms with Crippen LogP contribution < -0.4 is 5.32 Å². The van der Waals surface area contributed by atoms with E-state index in [0.717, 1.165) is 24.9 Å². The molecule has 0 saturated carbocycles. The minimum absolute atomic E-state index is 0.757. The molecule has 1 unspecified atom stereocenters. The van der Waals surface area contributed by atoms with Gasteiger partial charge in [0, 0.05) is 25.5 Å². The Bertz CT molecular complexity index is 334. The van der Waals surface area contributed by atoms with Crippen molar-refractivity contribution in [1.29, 1.82) is 0 Å². The predicted molar refractivity (Wildman–Crippen MR) is 79.1 cm³/mol. The molecule has 0 radical (unpaired) electrons. The van der Waals surface area contributed by atoms with Gasteiger partial charge in [0.05, 0.1) is 6.33 Å². The van der Waals surface area contributed by atoms with Crippen molar-refractivity contribution in [2.75, 3.05) is 32.7 Å². The molecule has 0 aliphatic carbocycles. The number of nitrogens with one attached hydrogen (secondary N) is 1. The van der Waals surface area contributed by atoms with Crippen molar-refractivity contribution in [3.05, 3.63) is 18.7 Å². The van der Waals surface area contributed by atoms with Gasteiger partial charge in [0.15, 0.2) is 0 Å². The van der Waals surface area contributed by atoms with E-state index in [1.165, 1.54) is 39.0 Å². The van der Waals surface area contributed by atoms with Gasteiger partial charge >= 0.3 is 0 Å². The predicted octanol–water partition coefficient (Wildman–Crippen LogP) is 1.84. The first-order valence-electron chi connectivity index (χ1n) is 7.63. The van der Waals surface area contributed by atoms with Crippen molar-refractivity contribution in [3.8, 4) is 0 Å². The van der Waals surface area contributed by atoms with E-state index in [9.17, 15) is 0 Å². The largest absolute Gasteiger partial charge is 0.337 e. The van der Waals surface area contributed by atoms with Crippen molar-refractivity contribution in [2.24, 2.45) is 11.8 Å². The van der Waals surface area contributed by atoms with Gasteiger partial charge in [0.25, 0.3) is 0 Å². The lowest BCUT2D eigenvalue weighted by atomic mass is 10.1. The fourth-order valence-electron chi connectivity index (χ4n) is 2.75. The van der Waals surface area contributed by atoms with E-state index in [1.54, 1.807) is 0 Å². The molecule has 1 saturated heterocycles. The van der Waals surface area contributed by atoms with Gasteiger partial charge in [-0.25, -0.2) is 4.98 Å². The molecule has 1 atom stereocenters. The van der Waals surface area contributed by atoms with Crippen LogP contribution in [0.1, 0.15) is 26.7 Å². The van der Waals surface area contributed by atoms with Gasteiger partial charge in [-0.15, -0.1) is 0 Å². The molecular formula is C15H28N4. The minimum Gasteiger partial charge on any atom is -0.337 e. The minimum atomic E-state index is 0.757. The number of likely N-dealkylation sites (tertiary alicyclic amines) is 1. The summed E-state index contributed by atoms with van der Waals surface area (Å²) >= 11 is 0. The summed E-state index contributed by atoms with van der Waals surface area (Å²) < 4.78 is 2.16. The highest BCUT2D eigenvalue weighted by Crippen LogP contribution is 2.15. The molecular weight excluding hydrogens is 236 g/mol. The average molecular weight is 264 g/mol. The Morgan fingerprint density at radius 1 is 1.37 bits per heavy atom. The van der Waals surface area contributed by atoms with Crippen molar-refractivity contribution in [2.45, 2.75) is 33.2 Å². The van der Waals surface area contributed by atoms with Crippen LogP contribution in [0, 0.1) is 11.8 Å². The van der Waals surface area contributed by atoms with Crippen LogP contribution in [-0.4, -0.2) is 47.2 Å². The zero-order valence-corrected chi connectivity index (χ0v) is 12.4. The Hall–Kier alpha value is -0.870. The summed E-state index contributed by atoms with van der Waals surface area (Å²) in [6.45, 7) is 11.7. The van der Waals surface area contributed by atoms with Crippen LogP contribution in [0.25, 0.3) is 0 Å². The molecule has 2 rings (SSSR count). The lowest BCUT2D eigenvalue weighted by Crippen LogP contribution is -2.29. The first kappa shape index (κ1) is 14.5. The van der Waals surface area contributed by atoms with E-state index in [1.807, 2.05) is 18.7 Å². The highest BCUT2D eigenvalue weighted by atomic mass is 15.2. The smallest absolute Gasteiger partial charge is 0.0945 e. The molecule has 1 fully saturated rings. The van der Waals surface area contributed by atoms with Crippen LogP contribution in [0.15, 0.2) is 18.7 Å². The number of aryl methyl sites for hydroxylation is 1. The van der Waals surface area contributed by atoms with Gasteiger partial charge in [-0.3, -0.25) is 0 Å².